The van der Waals surface area contributed by atoms with E-state index in [-0.39, 0.29) is 29.9 Å². The number of hydrogen-bond donors (Lipinski definition) is 2. The number of hydrogen-bond acceptors (Lipinski definition) is 2. The van der Waals surface area contributed by atoms with Gasteiger partial charge in [0.2, 0.25) is 5.91 Å². The molecule has 0 heterocycles. The zero-order valence-electron chi connectivity index (χ0n) is 12.0. The van der Waals surface area contributed by atoms with Crippen molar-refractivity contribution in [3.05, 3.63) is 34.3 Å². The van der Waals surface area contributed by atoms with Crippen LogP contribution in [0, 0.1) is 5.41 Å². The van der Waals surface area contributed by atoms with Crippen LogP contribution in [0.2, 0.25) is 0 Å². The van der Waals surface area contributed by atoms with Crippen LogP contribution in [0.15, 0.2) is 28.7 Å². The minimum Gasteiger partial charge on any atom is -0.396 e. The number of amides is 1. The van der Waals surface area contributed by atoms with Gasteiger partial charge in [-0.3, -0.25) is 4.79 Å². The van der Waals surface area contributed by atoms with Crippen LogP contribution in [-0.4, -0.2) is 23.7 Å². The van der Waals surface area contributed by atoms with E-state index in [9.17, 15) is 9.90 Å². The molecule has 2 N–H and O–H groups in total. The number of aliphatic hydroxyl groups is 1. The molecule has 4 heteroatoms. The molecule has 0 spiro atoms. The number of nitrogens with one attached hydrogen (secondary N) is 1. The lowest BCUT2D eigenvalue weighted by atomic mass is 9.85. The average molecular weight is 340 g/mol. The second kappa shape index (κ2) is 6.27. The second-order valence-corrected chi connectivity index (χ2v) is 6.95. The number of halogens is 1. The van der Waals surface area contributed by atoms with Gasteiger partial charge in [0.15, 0.2) is 0 Å². The molecule has 3 nitrogen and oxygen atoms in total. The smallest absolute Gasteiger partial charge is 0.227 e. The standard InChI is InChI=1S/C16H22BrNO2/c1-11(12-5-7-13(17)8-6-12)15(20)18-14-4-3-9-16(14,2)10-19/h5-8,11,14,19H,3-4,9-10H2,1-2H3,(H,18,20). The maximum Gasteiger partial charge on any atom is 0.227 e. The average Bonchev–Trinajstić information content (AvgIpc) is 2.81. The lowest BCUT2D eigenvalue weighted by molar-refractivity contribution is -0.123. The van der Waals surface area contributed by atoms with Crippen LogP contribution in [0.4, 0.5) is 0 Å². The summed E-state index contributed by atoms with van der Waals surface area (Å²) in [6.07, 6.45) is 2.99. The lowest BCUT2D eigenvalue weighted by Gasteiger charge is -2.31. The summed E-state index contributed by atoms with van der Waals surface area (Å²) >= 11 is 3.40. The molecule has 20 heavy (non-hydrogen) atoms. The van der Waals surface area contributed by atoms with Crippen molar-refractivity contribution in [3.63, 3.8) is 0 Å². The SMILES string of the molecule is CC(C(=O)NC1CCCC1(C)CO)c1ccc(Br)cc1. The maximum atomic E-state index is 12.4. The molecule has 110 valence electrons. The normalized spacial score (nSPS) is 27.3. The van der Waals surface area contributed by atoms with Gasteiger partial charge in [-0.25, -0.2) is 0 Å². The van der Waals surface area contributed by atoms with Crippen molar-refractivity contribution in [2.45, 2.75) is 45.1 Å². The minimum absolute atomic E-state index is 0.0406. The number of rotatable bonds is 4. The Hall–Kier alpha value is -0.870. The van der Waals surface area contributed by atoms with Gasteiger partial charge in [-0.1, -0.05) is 41.4 Å². The predicted molar refractivity (Wildman–Crippen MR) is 83.5 cm³/mol. The Labute approximate surface area is 128 Å². The molecule has 1 aliphatic rings. The molecule has 1 aliphatic carbocycles. The van der Waals surface area contributed by atoms with Gasteiger partial charge in [-0.05, 0) is 37.5 Å². The number of aliphatic hydroxyl groups excluding tert-OH is 1. The third-order valence-corrected chi connectivity index (χ3v) is 5.05. The molecular formula is C16H22BrNO2. The molecule has 3 atom stereocenters. The Balaban J connectivity index is 2.03. The van der Waals surface area contributed by atoms with Gasteiger partial charge in [0, 0.05) is 15.9 Å². The summed E-state index contributed by atoms with van der Waals surface area (Å²) in [5, 5.41) is 12.7. The van der Waals surface area contributed by atoms with Crippen LogP contribution in [0.3, 0.4) is 0 Å². The minimum atomic E-state index is -0.174. The van der Waals surface area contributed by atoms with Crippen LogP contribution in [0.1, 0.15) is 44.6 Å². The van der Waals surface area contributed by atoms with Crippen molar-refractivity contribution in [3.8, 4) is 0 Å². The van der Waals surface area contributed by atoms with E-state index < -0.39 is 0 Å². The molecule has 0 aromatic heterocycles. The Morgan fingerprint density at radius 1 is 1.50 bits per heavy atom. The van der Waals surface area contributed by atoms with E-state index in [1.807, 2.05) is 31.2 Å². The van der Waals surface area contributed by atoms with Gasteiger partial charge in [0.1, 0.15) is 0 Å². The van der Waals surface area contributed by atoms with Crippen LogP contribution >= 0.6 is 15.9 Å². The monoisotopic (exact) mass is 339 g/mol. The highest BCUT2D eigenvalue weighted by molar-refractivity contribution is 9.10. The molecule has 0 aliphatic heterocycles. The van der Waals surface area contributed by atoms with E-state index in [0.717, 1.165) is 29.3 Å². The van der Waals surface area contributed by atoms with Gasteiger partial charge in [-0.15, -0.1) is 0 Å². The second-order valence-electron chi connectivity index (χ2n) is 6.04. The first-order chi connectivity index (χ1) is 9.46. The first kappa shape index (κ1) is 15.5. The Bertz CT molecular complexity index is 474. The number of carbonyl (C=O) groups excluding carboxylic acids is 1. The quantitative estimate of drug-likeness (QED) is 0.884. The summed E-state index contributed by atoms with van der Waals surface area (Å²) in [5.74, 6) is -0.134. The number of benzene rings is 1. The number of carbonyl (C=O) groups is 1. The highest BCUT2D eigenvalue weighted by Gasteiger charge is 2.39. The molecule has 2 rings (SSSR count). The Morgan fingerprint density at radius 2 is 2.15 bits per heavy atom. The van der Waals surface area contributed by atoms with E-state index in [0.29, 0.717) is 0 Å². The molecule has 1 saturated carbocycles. The summed E-state index contributed by atoms with van der Waals surface area (Å²) in [7, 11) is 0. The molecule has 1 amide bonds. The molecule has 1 aromatic carbocycles. The summed E-state index contributed by atoms with van der Waals surface area (Å²) in [6, 6.07) is 7.92. The molecule has 0 saturated heterocycles. The Kier molecular flexibility index (Phi) is 4.86. The van der Waals surface area contributed by atoms with Crippen LogP contribution < -0.4 is 5.32 Å². The molecule has 0 bridgehead atoms. The predicted octanol–water partition coefficient (Wildman–Crippen LogP) is 3.22. The topological polar surface area (TPSA) is 49.3 Å². The summed E-state index contributed by atoms with van der Waals surface area (Å²) in [4.78, 5) is 12.4. The van der Waals surface area contributed by atoms with Crippen LogP contribution in [0.25, 0.3) is 0 Å². The van der Waals surface area contributed by atoms with Crippen LogP contribution in [0.5, 0.6) is 0 Å². The van der Waals surface area contributed by atoms with Crippen molar-refractivity contribution >= 4 is 21.8 Å². The van der Waals surface area contributed by atoms with Gasteiger partial charge >= 0.3 is 0 Å². The molecule has 3 unspecified atom stereocenters. The highest BCUT2D eigenvalue weighted by Crippen LogP contribution is 2.37. The summed E-state index contributed by atoms with van der Waals surface area (Å²) < 4.78 is 1.01. The molecule has 1 fully saturated rings. The lowest BCUT2D eigenvalue weighted by Crippen LogP contribution is -2.46. The third kappa shape index (κ3) is 3.23. The zero-order valence-corrected chi connectivity index (χ0v) is 13.6. The van der Waals surface area contributed by atoms with Gasteiger partial charge in [-0.2, -0.15) is 0 Å². The van der Waals surface area contributed by atoms with Gasteiger partial charge in [0.25, 0.3) is 0 Å². The van der Waals surface area contributed by atoms with E-state index in [4.69, 9.17) is 0 Å². The summed E-state index contributed by atoms with van der Waals surface area (Å²) in [6.45, 7) is 4.10. The van der Waals surface area contributed by atoms with Crippen molar-refractivity contribution in [1.29, 1.82) is 0 Å². The molecule has 1 aromatic rings. The maximum absolute atomic E-state index is 12.4. The third-order valence-electron chi connectivity index (χ3n) is 4.52. The zero-order chi connectivity index (χ0) is 14.8. The van der Waals surface area contributed by atoms with Crippen molar-refractivity contribution in [2.75, 3.05) is 6.61 Å². The Morgan fingerprint density at radius 3 is 2.75 bits per heavy atom. The van der Waals surface area contributed by atoms with Crippen LogP contribution in [-0.2, 0) is 4.79 Å². The largest absolute Gasteiger partial charge is 0.396 e. The fraction of sp³-hybridized carbons (Fsp3) is 0.562. The van der Waals surface area contributed by atoms with Crippen molar-refractivity contribution in [1.82, 2.24) is 5.32 Å². The fourth-order valence-electron chi connectivity index (χ4n) is 2.87. The van der Waals surface area contributed by atoms with Crippen molar-refractivity contribution in [2.24, 2.45) is 5.41 Å². The fourth-order valence-corrected chi connectivity index (χ4v) is 3.13. The first-order valence-electron chi connectivity index (χ1n) is 7.13. The van der Waals surface area contributed by atoms with E-state index in [2.05, 4.69) is 28.2 Å². The summed E-state index contributed by atoms with van der Waals surface area (Å²) in [5.41, 5.74) is 0.837. The van der Waals surface area contributed by atoms with E-state index >= 15 is 0 Å². The molecule has 0 radical (unpaired) electrons. The highest BCUT2D eigenvalue weighted by atomic mass is 79.9. The first-order valence-corrected chi connectivity index (χ1v) is 7.92. The van der Waals surface area contributed by atoms with Gasteiger partial charge in [0.05, 0.1) is 12.5 Å². The van der Waals surface area contributed by atoms with Gasteiger partial charge < -0.3 is 10.4 Å². The molecular weight excluding hydrogens is 318 g/mol. The van der Waals surface area contributed by atoms with E-state index in [1.54, 1.807) is 0 Å². The van der Waals surface area contributed by atoms with Crippen molar-refractivity contribution < 1.29 is 9.90 Å². The van der Waals surface area contributed by atoms with E-state index in [1.165, 1.54) is 0 Å².